The van der Waals surface area contributed by atoms with Gasteiger partial charge in [-0.05, 0) is 60.7 Å². The van der Waals surface area contributed by atoms with E-state index in [1.54, 1.807) is 51.4 Å². The van der Waals surface area contributed by atoms with Crippen LogP contribution in [0.5, 0.6) is 0 Å². The fourth-order valence-electron chi connectivity index (χ4n) is 7.05. The van der Waals surface area contributed by atoms with Crippen molar-refractivity contribution in [1.29, 1.82) is 0 Å². The number of rotatable bonds is 2. The minimum absolute atomic E-state index is 1.03. The van der Waals surface area contributed by atoms with Crippen LogP contribution in [0.15, 0.2) is 0 Å². The summed E-state index contributed by atoms with van der Waals surface area (Å²) >= 11 is 0. The molecule has 0 heteroatoms. The zero-order chi connectivity index (χ0) is 24.5. The normalized spacial score (nSPS) is 32.5. The van der Waals surface area contributed by atoms with Crippen molar-refractivity contribution in [3.8, 4) is 0 Å². The quantitative estimate of drug-likeness (QED) is 0.382. The van der Waals surface area contributed by atoms with Crippen molar-refractivity contribution in [3.05, 3.63) is 0 Å². The lowest BCUT2D eigenvalue weighted by Crippen LogP contribution is -2.31. The highest BCUT2D eigenvalue weighted by Crippen LogP contribution is 2.47. The monoisotopic (exact) mass is 463 g/mol. The highest BCUT2D eigenvalue weighted by Gasteiger charge is 2.35. The largest absolute Gasteiger partial charge is 0.0683 e. The van der Waals surface area contributed by atoms with Crippen molar-refractivity contribution in [2.75, 3.05) is 0 Å². The Hall–Kier alpha value is 0. The van der Waals surface area contributed by atoms with Gasteiger partial charge in [-0.15, -0.1) is 0 Å². The highest BCUT2D eigenvalue weighted by atomic mass is 14.4. The minimum Gasteiger partial charge on any atom is -0.0683 e. The summed E-state index contributed by atoms with van der Waals surface area (Å²) in [7, 11) is 0. The molecule has 5 aliphatic carbocycles. The van der Waals surface area contributed by atoms with E-state index < -0.39 is 0 Å². The topological polar surface area (TPSA) is 0 Å². The molecule has 5 fully saturated rings. The van der Waals surface area contributed by atoms with Crippen LogP contribution in [-0.2, 0) is 0 Å². The fraction of sp³-hybridized carbons (Fsp3) is 1.00. The molecule has 0 N–H and O–H groups in total. The Morgan fingerprint density at radius 2 is 0.606 bits per heavy atom. The van der Waals surface area contributed by atoms with E-state index in [0.717, 1.165) is 41.4 Å². The molecule has 0 saturated heterocycles. The second-order valence-corrected chi connectivity index (χ2v) is 12.2. The van der Waals surface area contributed by atoms with Crippen molar-refractivity contribution >= 4 is 0 Å². The van der Waals surface area contributed by atoms with E-state index in [4.69, 9.17) is 0 Å². The average molecular weight is 463 g/mol. The van der Waals surface area contributed by atoms with Crippen LogP contribution in [0.1, 0.15) is 170 Å². The molecule has 0 nitrogen and oxygen atoms in total. The van der Waals surface area contributed by atoms with Gasteiger partial charge in [0.2, 0.25) is 0 Å². The number of hydrogen-bond acceptors (Lipinski definition) is 0. The van der Waals surface area contributed by atoms with E-state index >= 15 is 0 Å². The molecule has 0 aromatic heterocycles. The van der Waals surface area contributed by atoms with Gasteiger partial charge in [0.25, 0.3) is 0 Å². The molecule has 2 unspecified atom stereocenters. The van der Waals surface area contributed by atoms with Crippen molar-refractivity contribution in [3.63, 3.8) is 0 Å². The second-order valence-electron chi connectivity index (χ2n) is 12.2. The molecule has 0 radical (unpaired) electrons. The lowest BCUT2D eigenvalue weighted by molar-refractivity contribution is 0.0878. The third kappa shape index (κ3) is 12.5. The molecule has 198 valence electrons. The van der Waals surface area contributed by atoms with Gasteiger partial charge in [0, 0.05) is 0 Å². The molecule has 33 heavy (non-hydrogen) atoms. The summed E-state index contributed by atoms with van der Waals surface area (Å²) in [5, 5.41) is 0. The average Bonchev–Trinajstić information content (AvgIpc) is 3.50. The van der Waals surface area contributed by atoms with Gasteiger partial charge in [-0.3, -0.25) is 0 Å². The molecule has 5 aliphatic rings. The Labute approximate surface area is 211 Å². The maximum Gasteiger partial charge on any atom is -0.0383 e. The minimum atomic E-state index is 1.03. The van der Waals surface area contributed by atoms with Crippen LogP contribution < -0.4 is 0 Å². The molecule has 0 amide bonds. The summed E-state index contributed by atoms with van der Waals surface area (Å²) in [6.45, 7) is 15.1. The summed E-state index contributed by atoms with van der Waals surface area (Å²) in [5.74, 6) is 7.66. The first-order valence-corrected chi connectivity index (χ1v) is 16.1. The molecule has 2 atom stereocenters. The van der Waals surface area contributed by atoms with Crippen molar-refractivity contribution in [2.45, 2.75) is 170 Å². The molecular weight excluding hydrogens is 396 g/mol. The molecule has 5 saturated carbocycles. The van der Waals surface area contributed by atoms with Crippen LogP contribution in [-0.4, -0.2) is 0 Å². The molecule has 0 spiro atoms. The molecule has 0 aliphatic heterocycles. The van der Waals surface area contributed by atoms with Crippen LogP contribution in [0.3, 0.4) is 0 Å². The van der Waals surface area contributed by atoms with Gasteiger partial charge in [0.15, 0.2) is 0 Å². The maximum absolute atomic E-state index is 2.45. The van der Waals surface area contributed by atoms with Crippen molar-refractivity contribution in [1.82, 2.24) is 0 Å². The van der Waals surface area contributed by atoms with E-state index in [2.05, 4.69) is 20.8 Å². The number of hydrogen-bond donors (Lipinski definition) is 0. The molecule has 5 rings (SSSR count). The fourth-order valence-corrected chi connectivity index (χ4v) is 7.05. The first-order valence-electron chi connectivity index (χ1n) is 16.1. The standard InChI is InChI=1S/C17H30.2C6H12.2C2H6/c1-13-8-10-15(11-9-13)17-7-3-6-16(12-17)14-4-2-5-14;2*1-6-4-2-3-5-6;2*1-2/h13-17H,2-12H2,1H3;2*6H,2-5H2,1H3;2*1-2H3. The Morgan fingerprint density at radius 3 is 0.909 bits per heavy atom. The SMILES string of the molecule is CC.CC.CC1CCC(C2CCCC(C3CCC3)C2)CC1.CC1CCCC1.CC1CCCC1. The van der Waals surface area contributed by atoms with Crippen LogP contribution >= 0.6 is 0 Å². The first-order chi connectivity index (χ1) is 16.1. The third-order valence-corrected chi connectivity index (χ3v) is 9.59. The molecule has 0 bridgehead atoms. The van der Waals surface area contributed by atoms with Crippen molar-refractivity contribution < 1.29 is 0 Å². The zero-order valence-corrected chi connectivity index (χ0v) is 24.5. The highest BCUT2D eigenvalue weighted by molar-refractivity contribution is 4.86. The van der Waals surface area contributed by atoms with Crippen LogP contribution in [0.2, 0.25) is 0 Å². The summed E-state index contributed by atoms with van der Waals surface area (Å²) in [4.78, 5) is 0. The van der Waals surface area contributed by atoms with E-state index in [9.17, 15) is 0 Å². The van der Waals surface area contributed by atoms with E-state index in [1.165, 1.54) is 70.6 Å². The summed E-state index contributed by atoms with van der Waals surface area (Å²) in [5.41, 5.74) is 0. The first kappa shape index (κ1) is 31.0. The van der Waals surface area contributed by atoms with E-state index in [-0.39, 0.29) is 0 Å². The molecule has 0 heterocycles. The van der Waals surface area contributed by atoms with Crippen LogP contribution in [0.25, 0.3) is 0 Å². The Bertz CT molecular complexity index is 388. The van der Waals surface area contributed by atoms with E-state index in [1.807, 2.05) is 27.7 Å². The van der Waals surface area contributed by atoms with Crippen LogP contribution in [0.4, 0.5) is 0 Å². The molecular formula is C33H66. The molecule has 0 aromatic rings. The zero-order valence-electron chi connectivity index (χ0n) is 24.5. The lowest BCUT2D eigenvalue weighted by atomic mass is 9.63. The van der Waals surface area contributed by atoms with Gasteiger partial charge in [-0.25, -0.2) is 0 Å². The Morgan fingerprint density at radius 1 is 0.303 bits per heavy atom. The van der Waals surface area contributed by atoms with Crippen LogP contribution in [0, 0.1) is 41.4 Å². The third-order valence-electron chi connectivity index (χ3n) is 9.59. The Kier molecular flexibility index (Phi) is 18.1. The Balaban J connectivity index is 0.000000280. The predicted octanol–water partition coefficient (Wildman–Crippen LogP) is 11.9. The second kappa shape index (κ2) is 19.2. The van der Waals surface area contributed by atoms with Gasteiger partial charge >= 0.3 is 0 Å². The summed E-state index contributed by atoms with van der Waals surface area (Å²) in [6, 6.07) is 0. The van der Waals surface area contributed by atoms with Gasteiger partial charge in [-0.2, -0.15) is 0 Å². The lowest BCUT2D eigenvalue weighted by Gasteiger charge is -2.42. The smallest absolute Gasteiger partial charge is 0.0383 e. The predicted molar refractivity (Wildman–Crippen MR) is 152 cm³/mol. The van der Waals surface area contributed by atoms with Gasteiger partial charge in [0.05, 0.1) is 0 Å². The summed E-state index contributed by atoms with van der Waals surface area (Å²) in [6.07, 6.45) is 29.0. The van der Waals surface area contributed by atoms with Gasteiger partial charge in [0.1, 0.15) is 0 Å². The van der Waals surface area contributed by atoms with E-state index in [0.29, 0.717) is 0 Å². The summed E-state index contributed by atoms with van der Waals surface area (Å²) < 4.78 is 0. The molecule has 0 aromatic carbocycles. The van der Waals surface area contributed by atoms with Gasteiger partial charge in [-0.1, -0.05) is 151 Å². The maximum atomic E-state index is 2.45. The van der Waals surface area contributed by atoms with Crippen molar-refractivity contribution in [2.24, 2.45) is 41.4 Å². The van der Waals surface area contributed by atoms with Gasteiger partial charge < -0.3 is 0 Å².